The van der Waals surface area contributed by atoms with Gasteiger partial charge in [-0.3, -0.25) is 4.79 Å². The molecule has 0 unspecified atom stereocenters. The van der Waals surface area contributed by atoms with Crippen LogP contribution in [0.1, 0.15) is 12.0 Å². The first-order valence-electron chi connectivity index (χ1n) is 7.86. The molecule has 1 N–H and O–H groups in total. The Bertz CT molecular complexity index is 552. The van der Waals surface area contributed by atoms with Gasteiger partial charge in [-0.1, -0.05) is 18.2 Å². The van der Waals surface area contributed by atoms with Gasteiger partial charge >= 0.3 is 6.36 Å². The number of carbonyl (C=O) groups is 1. The lowest BCUT2D eigenvalue weighted by atomic mass is 10.2. The van der Waals surface area contributed by atoms with E-state index in [-0.39, 0.29) is 30.6 Å². The van der Waals surface area contributed by atoms with E-state index in [1.54, 1.807) is 19.2 Å². The number of hydrogen-bond donors (Lipinski definition) is 1. The predicted molar refractivity (Wildman–Crippen MR) is 90.8 cm³/mol. The minimum Gasteiger partial charge on any atom is -0.405 e. The van der Waals surface area contributed by atoms with Crippen molar-refractivity contribution in [2.75, 3.05) is 39.8 Å². The summed E-state index contributed by atoms with van der Waals surface area (Å²) in [6, 6.07) is 6.05. The minimum atomic E-state index is -4.72. The van der Waals surface area contributed by atoms with Crippen molar-refractivity contribution in [3.05, 3.63) is 29.8 Å². The van der Waals surface area contributed by atoms with E-state index in [2.05, 4.69) is 10.1 Å². The topological polar surface area (TPSA) is 44.8 Å². The number of hydrogen-bond acceptors (Lipinski definition) is 4. The van der Waals surface area contributed by atoms with Gasteiger partial charge in [-0.15, -0.1) is 25.6 Å². The first-order valence-corrected chi connectivity index (χ1v) is 7.86. The summed E-state index contributed by atoms with van der Waals surface area (Å²) in [4.78, 5) is 15.7. The number of rotatable bonds is 6. The van der Waals surface area contributed by atoms with Crippen molar-refractivity contribution in [2.24, 2.45) is 0 Å². The molecule has 1 aliphatic heterocycles. The summed E-state index contributed by atoms with van der Waals surface area (Å²) in [5.41, 5.74) is 0.437. The Morgan fingerprint density at radius 3 is 2.56 bits per heavy atom. The Balaban J connectivity index is 0.00000312. The molecule has 1 aliphatic rings. The summed E-state index contributed by atoms with van der Waals surface area (Å²) in [6.45, 7) is 3.74. The number of halogens is 4. The van der Waals surface area contributed by atoms with E-state index in [0.717, 1.165) is 13.1 Å². The maximum atomic E-state index is 12.4. The maximum Gasteiger partial charge on any atom is 0.573 e. The standard InChI is InChI=1S/C16H22F3N3O2.ClH/c1-21(9-6-15(23)22-10-7-20-8-11-22)12-13-4-2-3-5-14(13)24-16(17,18)19;/h2-5,20H,6-12H2,1H3;1H. The zero-order valence-corrected chi connectivity index (χ0v) is 14.8. The van der Waals surface area contributed by atoms with E-state index >= 15 is 0 Å². The zero-order chi connectivity index (χ0) is 17.6. The zero-order valence-electron chi connectivity index (χ0n) is 14.0. The first kappa shape index (κ1) is 21.5. The normalized spacial score (nSPS) is 15.0. The van der Waals surface area contributed by atoms with Gasteiger partial charge < -0.3 is 19.9 Å². The van der Waals surface area contributed by atoms with E-state index in [0.29, 0.717) is 31.6 Å². The van der Waals surface area contributed by atoms with Crippen molar-refractivity contribution in [3.8, 4) is 5.75 Å². The Morgan fingerprint density at radius 1 is 1.28 bits per heavy atom. The van der Waals surface area contributed by atoms with Gasteiger partial charge in [0.05, 0.1) is 0 Å². The fourth-order valence-electron chi connectivity index (χ4n) is 2.59. The fraction of sp³-hybridized carbons (Fsp3) is 0.562. The van der Waals surface area contributed by atoms with Crippen LogP contribution in [0.3, 0.4) is 0 Å². The monoisotopic (exact) mass is 381 g/mol. The lowest BCUT2D eigenvalue weighted by Gasteiger charge is -2.28. The SMILES string of the molecule is CN(CCC(=O)N1CCNCC1)Cc1ccccc1OC(F)(F)F.Cl. The third kappa shape index (κ3) is 7.50. The number of carbonyl (C=O) groups excluding carboxylic acids is 1. The summed E-state index contributed by atoms with van der Waals surface area (Å²) in [6.07, 6.45) is -4.37. The molecule has 1 heterocycles. The molecular formula is C16H23ClF3N3O2. The number of ether oxygens (including phenoxy) is 1. The van der Waals surface area contributed by atoms with Crippen molar-refractivity contribution in [1.82, 2.24) is 15.1 Å². The molecule has 5 nitrogen and oxygen atoms in total. The van der Waals surface area contributed by atoms with Crippen molar-refractivity contribution < 1.29 is 22.7 Å². The van der Waals surface area contributed by atoms with Gasteiger partial charge in [0, 0.05) is 51.3 Å². The van der Waals surface area contributed by atoms with Crippen LogP contribution in [0.4, 0.5) is 13.2 Å². The van der Waals surface area contributed by atoms with Gasteiger partial charge in [0.2, 0.25) is 5.91 Å². The van der Waals surface area contributed by atoms with E-state index in [1.165, 1.54) is 12.1 Å². The van der Waals surface area contributed by atoms with Gasteiger partial charge in [0.15, 0.2) is 0 Å². The molecule has 1 aromatic carbocycles. The average molecular weight is 382 g/mol. The van der Waals surface area contributed by atoms with Crippen molar-refractivity contribution in [2.45, 2.75) is 19.3 Å². The second-order valence-corrected chi connectivity index (χ2v) is 5.77. The highest BCUT2D eigenvalue weighted by Gasteiger charge is 2.32. The first-order chi connectivity index (χ1) is 11.3. The highest BCUT2D eigenvalue weighted by Crippen LogP contribution is 2.26. The van der Waals surface area contributed by atoms with E-state index < -0.39 is 6.36 Å². The van der Waals surface area contributed by atoms with Crippen LogP contribution in [-0.4, -0.2) is 61.8 Å². The third-order valence-electron chi connectivity index (χ3n) is 3.82. The van der Waals surface area contributed by atoms with Crippen LogP contribution >= 0.6 is 12.4 Å². The number of benzene rings is 1. The average Bonchev–Trinajstić information content (AvgIpc) is 2.54. The third-order valence-corrected chi connectivity index (χ3v) is 3.82. The highest BCUT2D eigenvalue weighted by molar-refractivity contribution is 5.85. The smallest absolute Gasteiger partial charge is 0.405 e. The lowest BCUT2D eigenvalue weighted by molar-refractivity contribution is -0.275. The van der Waals surface area contributed by atoms with Gasteiger partial charge in [-0.2, -0.15) is 0 Å². The molecule has 1 fully saturated rings. The quantitative estimate of drug-likeness (QED) is 0.821. The molecule has 0 spiro atoms. The number of para-hydroxylation sites is 1. The Kier molecular flexibility index (Phi) is 8.47. The molecule has 1 amide bonds. The highest BCUT2D eigenvalue weighted by atomic mass is 35.5. The number of amides is 1. The summed E-state index contributed by atoms with van der Waals surface area (Å²) in [5.74, 6) is -0.131. The van der Waals surface area contributed by atoms with Crippen molar-refractivity contribution in [1.29, 1.82) is 0 Å². The van der Waals surface area contributed by atoms with Crippen LogP contribution in [0, 0.1) is 0 Å². The number of piperazine rings is 1. The largest absolute Gasteiger partial charge is 0.573 e. The minimum absolute atomic E-state index is 0. The molecule has 25 heavy (non-hydrogen) atoms. The lowest BCUT2D eigenvalue weighted by Crippen LogP contribution is -2.47. The van der Waals surface area contributed by atoms with Crippen LogP contribution in [-0.2, 0) is 11.3 Å². The second kappa shape index (κ2) is 9.84. The van der Waals surface area contributed by atoms with Gasteiger partial charge in [-0.25, -0.2) is 0 Å². The van der Waals surface area contributed by atoms with Gasteiger partial charge in [0.1, 0.15) is 5.75 Å². The Labute approximate surface area is 151 Å². The summed E-state index contributed by atoms with van der Waals surface area (Å²) in [7, 11) is 1.77. The summed E-state index contributed by atoms with van der Waals surface area (Å²) < 4.78 is 41.3. The Morgan fingerprint density at radius 2 is 1.92 bits per heavy atom. The van der Waals surface area contributed by atoms with Crippen LogP contribution in [0.25, 0.3) is 0 Å². The molecule has 1 aromatic rings. The molecule has 0 aliphatic carbocycles. The molecule has 0 bridgehead atoms. The van der Waals surface area contributed by atoms with E-state index in [4.69, 9.17) is 0 Å². The van der Waals surface area contributed by atoms with Crippen molar-refractivity contribution in [3.63, 3.8) is 0 Å². The molecule has 0 aromatic heterocycles. The van der Waals surface area contributed by atoms with Gasteiger partial charge in [-0.05, 0) is 13.1 Å². The van der Waals surface area contributed by atoms with Crippen LogP contribution < -0.4 is 10.1 Å². The number of alkyl halides is 3. The molecule has 1 saturated heterocycles. The van der Waals surface area contributed by atoms with E-state index in [9.17, 15) is 18.0 Å². The maximum absolute atomic E-state index is 12.4. The fourth-order valence-corrected chi connectivity index (χ4v) is 2.59. The number of nitrogens with zero attached hydrogens (tertiary/aromatic N) is 2. The predicted octanol–water partition coefficient (Wildman–Crippen LogP) is 2.26. The van der Waals surface area contributed by atoms with Crippen LogP contribution in [0.15, 0.2) is 24.3 Å². The molecule has 9 heteroatoms. The molecule has 142 valence electrons. The second-order valence-electron chi connectivity index (χ2n) is 5.77. The summed E-state index contributed by atoms with van der Waals surface area (Å²) >= 11 is 0. The van der Waals surface area contributed by atoms with Crippen LogP contribution in [0.2, 0.25) is 0 Å². The molecule has 0 radical (unpaired) electrons. The molecule has 2 rings (SSSR count). The van der Waals surface area contributed by atoms with Crippen molar-refractivity contribution >= 4 is 18.3 Å². The molecule has 0 saturated carbocycles. The van der Waals surface area contributed by atoms with Gasteiger partial charge in [0.25, 0.3) is 0 Å². The van der Waals surface area contributed by atoms with E-state index in [1.807, 2.05) is 9.80 Å². The summed E-state index contributed by atoms with van der Waals surface area (Å²) in [5, 5.41) is 3.18. The number of nitrogens with one attached hydrogen (secondary N) is 1. The van der Waals surface area contributed by atoms with Crippen LogP contribution in [0.5, 0.6) is 5.75 Å². The molecule has 0 atom stereocenters. The molecular weight excluding hydrogens is 359 g/mol. The Hall–Kier alpha value is -1.51.